The summed E-state index contributed by atoms with van der Waals surface area (Å²) in [4.78, 5) is 37.3. The summed E-state index contributed by atoms with van der Waals surface area (Å²) in [7, 11) is 0. The number of amides is 2. The van der Waals surface area contributed by atoms with Gasteiger partial charge in [-0.3, -0.25) is 14.6 Å². The first-order valence-corrected chi connectivity index (χ1v) is 9.31. The fraction of sp³-hybridized carbons (Fsp3) is 0.444. The molecule has 1 atom stereocenters. The molecule has 2 aliphatic rings. The summed E-state index contributed by atoms with van der Waals surface area (Å²) in [6.45, 7) is 4.61. The quantitative estimate of drug-likeness (QED) is 0.845. The molecule has 0 aliphatic carbocycles. The maximum atomic E-state index is 12.6. The van der Waals surface area contributed by atoms with Crippen molar-refractivity contribution in [3.05, 3.63) is 46.2 Å². The Morgan fingerprint density at radius 2 is 2.12 bits per heavy atom. The topological polar surface area (TPSA) is 66.4 Å². The number of hydrogen-bond acceptors (Lipinski definition) is 5. The molecular weight excluding hydrogens is 336 g/mol. The van der Waals surface area contributed by atoms with Gasteiger partial charge in [0.15, 0.2) is 0 Å². The fourth-order valence-corrected chi connectivity index (χ4v) is 4.46. The molecule has 130 valence electrons. The van der Waals surface area contributed by atoms with E-state index in [1.165, 1.54) is 0 Å². The Kier molecular flexibility index (Phi) is 4.03. The number of carbonyl (C=O) groups excluding carboxylic acids is 2. The molecule has 25 heavy (non-hydrogen) atoms. The highest BCUT2D eigenvalue weighted by molar-refractivity contribution is 7.09. The van der Waals surface area contributed by atoms with Crippen LogP contribution in [0.3, 0.4) is 0 Å². The first kappa shape index (κ1) is 16.2. The molecule has 0 bridgehead atoms. The standard InChI is InChI=1S/C18H20N4O2S/c1-13-20-15(10-25-13)9-22-12-18(8-16(22)23)4-7-21(11-18)17(24)14-2-5-19-6-3-14/h2-3,5-6,10H,4,7-9,11-12H2,1H3. The molecule has 2 aromatic rings. The van der Waals surface area contributed by atoms with Crippen molar-refractivity contribution in [3.8, 4) is 0 Å². The normalized spacial score (nSPS) is 23.0. The van der Waals surface area contributed by atoms with E-state index in [4.69, 9.17) is 0 Å². The lowest BCUT2D eigenvalue weighted by atomic mass is 9.86. The van der Waals surface area contributed by atoms with Crippen LogP contribution in [-0.2, 0) is 11.3 Å². The van der Waals surface area contributed by atoms with Crippen molar-refractivity contribution in [2.24, 2.45) is 5.41 Å². The van der Waals surface area contributed by atoms with Crippen LogP contribution in [0.25, 0.3) is 0 Å². The fourth-order valence-electron chi connectivity index (χ4n) is 3.86. The third kappa shape index (κ3) is 3.16. The van der Waals surface area contributed by atoms with Crippen LogP contribution in [0.1, 0.15) is 33.9 Å². The first-order valence-electron chi connectivity index (χ1n) is 8.43. The molecule has 4 rings (SSSR count). The van der Waals surface area contributed by atoms with Crippen molar-refractivity contribution in [2.75, 3.05) is 19.6 Å². The van der Waals surface area contributed by atoms with Crippen molar-refractivity contribution < 1.29 is 9.59 Å². The van der Waals surface area contributed by atoms with Gasteiger partial charge in [0.25, 0.3) is 5.91 Å². The lowest BCUT2D eigenvalue weighted by Crippen LogP contribution is -2.34. The molecule has 2 amide bonds. The molecule has 2 aromatic heterocycles. The highest BCUT2D eigenvalue weighted by Crippen LogP contribution is 2.41. The minimum atomic E-state index is -0.106. The van der Waals surface area contributed by atoms with Crippen LogP contribution >= 0.6 is 11.3 Å². The van der Waals surface area contributed by atoms with Gasteiger partial charge >= 0.3 is 0 Å². The molecule has 0 N–H and O–H groups in total. The first-order chi connectivity index (χ1) is 12.0. The van der Waals surface area contributed by atoms with E-state index in [2.05, 4.69) is 9.97 Å². The van der Waals surface area contributed by atoms with E-state index in [1.807, 2.05) is 22.1 Å². The monoisotopic (exact) mass is 356 g/mol. The molecule has 2 saturated heterocycles. The summed E-state index contributed by atoms with van der Waals surface area (Å²) in [6, 6.07) is 3.48. The number of nitrogens with zero attached hydrogens (tertiary/aromatic N) is 4. The summed E-state index contributed by atoms with van der Waals surface area (Å²) in [5.74, 6) is 0.198. The summed E-state index contributed by atoms with van der Waals surface area (Å²) in [6.07, 6.45) is 4.67. The van der Waals surface area contributed by atoms with E-state index < -0.39 is 0 Å². The van der Waals surface area contributed by atoms with E-state index in [-0.39, 0.29) is 17.2 Å². The Bertz CT molecular complexity index is 806. The number of carbonyl (C=O) groups is 2. The Balaban J connectivity index is 1.43. The molecule has 1 unspecified atom stereocenters. The average Bonchev–Trinajstić information content (AvgIpc) is 3.29. The maximum absolute atomic E-state index is 12.6. The molecule has 1 spiro atoms. The minimum Gasteiger partial charge on any atom is -0.338 e. The zero-order valence-electron chi connectivity index (χ0n) is 14.1. The maximum Gasteiger partial charge on any atom is 0.253 e. The predicted octanol–water partition coefficient (Wildman–Crippen LogP) is 2.11. The van der Waals surface area contributed by atoms with Gasteiger partial charge in [0, 0.05) is 54.8 Å². The van der Waals surface area contributed by atoms with E-state index in [9.17, 15) is 9.59 Å². The largest absolute Gasteiger partial charge is 0.338 e. The van der Waals surface area contributed by atoms with Crippen molar-refractivity contribution in [1.29, 1.82) is 0 Å². The molecule has 0 saturated carbocycles. The number of pyridine rings is 1. The summed E-state index contributed by atoms with van der Waals surface area (Å²) < 4.78 is 0. The molecular formula is C18H20N4O2S. The summed E-state index contributed by atoms with van der Waals surface area (Å²) in [5.41, 5.74) is 1.51. The van der Waals surface area contributed by atoms with Crippen molar-refractivity contribution >= 4 is 23.2 Å². The second-order valence-electron chi connectivity index (χ2n) is 7.00. The van der Waals surface area contributed by atoms with Crippen LogP contribution in [0.4, 0.5) is 0 Å². The number of aromatic nitrogens is 2. The van der Waals surface area contributed by atoms with Crippen LogP contribution in [-0.4, -0.2) is 51.2 Å². The number of hydrogen-bond donors (Lipinski definition) is 0. The van der Waals surface area contributed by atoms with E-state index >= 15 is 0 Å². The smallest absolute Gasteiger partial charge is 0.253 e. The van der Waals surface area contributed by atoms with Crippen LogP contribution in [0.5, 0.6) is 0 Å². The molecule has 4 heterocycles. The predicted molar refractivity (Wildman–Crippen MR) is 94.1 cm³/mol. The van der Waals surface area contributed by atoms with Crippen molar-refractivity contribution in [1.82, 2.24) is 19.8 Å². The van der Waals surface area contributed by atoms with Crippen LogP contribution in [0, 0.1) is 12.3 Å². The minimum absolute atomic E-state index is 0.0281. The Hall–Kier alpha value is -2.28. The molecule has 2 aliphatic heterocycles. The van der Waals surface area contributed by atoms with Gasteiger partial charge in [0.1, 0.15) is 0 Å². The van der Waals surface area contributed by atoms with Gasteiger partial charge in [0.05, 0.1) is 17.2 Å². The molecule has 7 heteroatoms. The third-order valence-corrected chi connectivity index (χ3v) is 5.90. The van der Waals surface area contributed by atoms with Gasteiger partial charge in [0.2, 0.25) is 5.91 Å². The highest BCUT2D eigenvalue weighted by atomic mass is 32.1. The second kappa shape index (κ2) is 6.22. The van der Waals surface area contributed by atoms with Crippen LogP contribution < -0.4 is 0 Å². The zero-order chi connectivity index (χ0) is 17.4. The SMILES string of the molecule is Cc1nc(CN2CC3(CCN(C(=O)c4ccncc4)C3)CC2=O)cs1. The zero-order valence-corrected chi connectivity index (χ0v) is 15.0. The third-order valence-electron chi connectivity index (χ3n) is 5.08. The Labute approximate surface area is 150 Å². The van der Waals surface area contributed by atoms with Crippen molar-refractivity contribution in [3.63, 3.8) is 0 Å². The number of rotatable bonds is 3. The highest BCUT2D eigenvalue weighted by Gasteiger charge is 2.48. The van der Waals surface area contributed by atoms with Crippen molar-refractivity contribution in [2.45, 2.75) is 26.3 Å². The number of aryl methyl sites for hydroxylation is 1. The summed E-state index contributed by atoms with van der Waals surface area (Å²) >= 11 is 1.61. The molecule has 2 fully saturated rings. The average molecular weight is 356 g/mol. The van der Waals surface area contributed by atoms with Gasteiger partial charge in [-0.15, -0.1) is 11.3 Å². The Morgan fingerprint density at radius 3 is 2.84 bits per heavy atom. The molecule has 0 aromatic carbocycles. The summed E-state index contributed by atoms with van der Waals surface area (Å²) in [5, 5.41) is 3.04. The van der Waals surface area contributed by atoms with Gasteiger partial charge in [-0.25, -0.2) is 4.98 Å². The van der Waals surface area contributed by atoms with E-state index in [0.29, 0.717) is 38.2 Å². The number of thiazole rings is 1. The lowest BCUT2D eigenvalue weighted by molar-refractivity contribution is -0.128. The Morgan fingerprint density at radius 1 is 1.32 bits per heavy atom. The molecule has 0 radical (unpaired) electrons. The van der Waals surface area contributed by atoms with E-state index in [0.717, 1.165) is 17.1 Å². The second-order valence-corrected chi connectivity index (χ2v) is 8.06. The van der Waals surface area contributed by atoms with E-state index in [1.54, 1.807) is 35.9 Å². The van der Waals surface area contributed by atoms with Gasteiger partial charge < -0.3 is 9.80 Å². The lowest BCUT2D eigenvalue weighted by Gasteiger charge is -2.24. The number of likely N-dealkylation sites (tertiary alicyclic amines) is 2. The van der Waals surface area contributed by atoms with Crippen LogP contribution in [0.15, 0.2) is 29.9 Å². The molecule has 6 nitrogen and oxygen atoms in total. The van der Waals surface area contributed by atoms with Crippen LogP contribution in [0.2, 0.25) is 0 Å². The van der Waals surface area contributed by atoms with Gasteiger partial charge in [-0.1, -0.05) is 0 Å². The van der Waals surface area contributed by atoms with Gasteiger partial charge in [-0.05, 0) is 25.5 Å². The van der Waals surface area contributed by atoms with Gasteiger partial charge in [-0.2, -0.15) is 0 Å².